The summed E-state index contributed by atoms with van der Waals surface area (Å²) in [6, 6.07) is 5.58. The second-order valence-corrected chi connectivity index (χ2v) is 6.69. The molecule has 0 aliphatic heterocycles. The normalized spacial score (nSPS) is 11.0. The molecule has 142 valence electrons. The minimum absolute atomic E-state index is 0.293. The molecule has 1 aromatic carbocycles. The number of ether oxygens (including phenoxy) is 2. The third-order valence-corrected chi connectivity index (χ3v) is 5.33. The van der Waals surface area contributed by atoms with E-state index in [1.54, 1.807) is 7.11 Å². The summed E-state index contributed by atoms with van der Waals surface area (Å²) in [6.45, 7) is 9.58. The van der Waals surface area contributed by atoms with Crippen LogP contribution in [0.3, 0.4) is 0 Å². The van der Waals surface area contributed by atoms with Crippen molar-refractivity contribution in [3.05, 3.63) is 28.8 Å². The maximum absolute atomic E-state index is 11.3. The molecule has 2 rings (SSSR count). The fraction of sp³-hybridized carbons (Fsp3) is 0.474. The number of aromatic nitrogens is 1. The third kappa shape index (κ3) is 4.74. The van der Waals surface area contributed by atoms with E-state index < -0.39 is 5.97 Å². The highest BCUT2D eigenvalue weighted by atomic mass is 32.1. The van der Waals surface area contributed by atoms with Crippen LogP contribution in [0.15, 0.2) is 18.2 Å². The largest absolute Gasteiger partial charge is 0.493 e. The summed E-state index contributed by atoms with van der Waals surface area (Å²) in [6.07, 6.45) is 0.585. The molecule has 0 amide bonds. The summed E-state index contributed by atoms with van der Waals surface area (Å²) in [5, 5.41) is 9.98. The van der Waals surface area contributed by atoms with Gasteiger partial charge >= 0.3 is 5.97 Å². The molecule has 1 heterocycles. The maximum Gasteiger partial charge on any atom is 0.347 e. The van der Waals surface area contributed by atoms with Gasteiger partial charge in [-0.05, 0) is 37.7 Å². The van der Waals surface area contributed by atoms with Gasteiger partial charge in [-0.25, -0.2) is 9.78 Å². The van der Waals surface area contributed by atoms with E-state index in [1.807, 2.05) is 25.1 Å². The van der Waals surface area contributed by atoms with Gasteiger partial charge in [0, 0.05) is 12.1 Å². The second kappa shape index (κ2) is 9.54. The van der Waals surface area contributed by atoms with Crippen LogP contribution >= 0.6 is 11.3 Å². The molecule has 6 nitrogen and oxygen atoms in total. The van der Waals surface area contributed by atoms with E-state index in [0.717, 1.165) is 25.2 Å². The van der Waals surface area contributed by atoms with Crippen LogP contribution in [0.2, 0.25) is 0 Å². The standard InChI is InChI=1S/C19H26N2O4S/c1-5-14-17(19(22)23)26-18(20-14)13-8-9-15(16(12-13)24-4)25-11-10-21(6-2)7-3/h8-9,12H,5-7,10-11H2,1-4H3,(H,22,23). The molecule has 26 heavy (non-hydrogen) atoms. The van der Waals surface area contributed by atoms with Crippen molar-refractivity contribution >= 4 is 17.3 Å². The number of thiazole rings is 1. The maximum atomic E-state index is 11.3. The molecular formula is C19H26N2O4S. The van der Waals surface area contributed by atoms with E-state index in [-0.39, 0.29) is 0 Å². The number of likely N-dealkylation sites (N-methyl/N-ethyl adjacent to an activating group) is 1. The van der Waals surface area contributed by atoms with Crippen LogP contribution in [-0.2, 0) is 6.42 Å². The molecule has 1 N–H and O–H groups in total. The number of carbonyl (C=O) groups is 1. The minimum Gasteiger partial charge on any atom is -0.493 e. The minimum atomic E-state index is -0.936. The third-order valence-electron chi connectivity index (χ3n) is 4.20. The summed E-state index contributed by atoms with van der Waals surface area (Å²) in [5.74, 6) is 0.357. The molecule has 0 aliphatic rings. The van der Waals surface area contributed by atoms with E-state index in [0.29, 0.717) is 40.1 Å². The lowest BCUT2D eigenvalue weighted by Gasteiger charge is -2.18. The lowest BCUT2D eigenvalue weighted by molar-refractivity contribution is 0.0701. The van der Waals surface area contributed by atoms with Gasteiger partial charge in [-0.15, -0.1) is 11.3 Å². The van der Waals surface area contributed by atoms with Gasteiger partial charge in [0.2, 0.25) is 0 Å². The van der Waals surface area contributed by atoms with Crippen molar-refractivity contribution in [2.24, 2.45) is 0 Å². The molecule has 0 aliphatic carbocycles. The van der Waals surface area contributed by atoms with Crippen LogP contribution in [0.5, 0.6) is 11.5 Å². The van der Waals surface area contributed by atoms with Crippen LogP contribution in [0, 0.1) is 0 Å². The molecule has 2 aromatic rings. The number of rotatable bonds is 10. The number of aromatic carboxylic acids is 1. The Morgan fingerprint density at radius 3 is 2.50 bits per heavy atom. The number of hydrogen-bond donors (Lipinski definition) is 1. The van der Waals surface area contributed by atoms with Crippen molar-refractivity contribution < 1.29 is 19.4 Å². The average molecular weight is 378 g/mol. The van der Waals surface area contributed by atoms with E-state index in [9.17, 15) is 9.90 Å². The van der Waals surface area contributed by atoms with Crippen LogP contribution in [0.25, 0.3) is 10.6 Å². The number of benzene rings is 1. The number of carboxylic acids is 1. The van der Waals surface area contributed by atoms with E-state index in [2.05, 4.69) is 23.7 Å². The molecule has 0 saturated carbocycles. The van der Waals surface area contributed by atoms with Crippen molar-refractivity contribution in [2.75, 3.05) is 33.4 Å². The van der Waals surface area contributed by atoms with Crippen LogP contribution in [-0.4, -0.2) is 54.3 Å². The first kappa shape index (κ1) is 20.2. The van der Waals surface area contributed by atoms with Crippen molar-refractivity contribution in [1.29, 1.82) is 0 Å². The van der Waals surface area contributed by atoms with Gasteiger partial charge in [-0.2, -0.15) is 0 Å². The quantitative estimate of drug-likeness (QED) is 0.678. The fourth-order valence-corrected chi connectivity index (χ4v) is 3.62. The Kier molecular flexibility index (Phi) is 7.41. The number of hydrogen-bond acceptors (Lipinski definition) is 6. The molecule has 0 unspecified atom stereocenters. The molecular weight excluding hydrogens is 352 g/mol. The Labute approximate surface area is 158 Å². The van der Waals surface area contributed by atoms with Crippen LogP contribution in [0.1, 0.15) is 36.1 Å². The van der Waals surface area contributed by atoms with Crippen molar-refractivity contribution in [3.63, 3.8) is 0 Å². The lowest BCUT2D eigenvalue weighted by atomic mass is 10.2. The highest BCUT2D eigenvalue weighted by Crippen LogP contribution is 2.35. The summed E-state index contributed by atoms with van der Waals surface area (Å²) >= 11 is 1.18. The monoisotopic (exact) mass is 378 g/mol. The van der Waals surface area contributed by atoms with E-state index in [4.69, 9.17) is 9.47 Å². The number of aryl methyl sites for hydroxylation is 1. The van der Waals surface area contributed by atoms with Crippen molar-refractivity contribution in [3.8, 4) is 22.1 Å². The molecule has 0 fully saturated rings. The Bertz CT molecular complexity index is 741. The predicted octanol–water partition coefficient (Wildman–Crippen LogP) is 3.80. The van der Waals surface area contributed by atoms with E-state index >= 15 is 0 Å². The Morgan fingerprint density at radius 1 is 1.23 bits per heavy atom. The number of methoxy groups -OCH3 is 1. The summed E-state index contributed by atoms with van der Waals surface area (Å²) in [5.41, 5.74) is 1.43. The van der Waals surface area contributed by atoms with Crippen molar-refractivity contribution in [2.45, 2.75) is 27.2 Å². The van der Waals surface area contributed by atoms with Gasteiger partial charge in [0.25, 0.3) is 0 Å². The molecule has 1 aromatic heterocycles. The first-order valence-corrected chi connectivity index (χ1v) is 9.62. The topological polar surface area (TPSA) is 71.9 Å². The lowest BCUT2D eigenvalue weighted by Crippen LogP contribution is -2.27. The average Bonchev–Trinajstić information content (AvgIpc) is 3.10. The molecule has 0 atom stereocenters. The zero-order valence-corrected chi connectivity index (χ0v) is 16.6. The molecule has 0 saturated heterocycles. The molecule has 0 bridgehead atoms. The number of nitrogens with zero attached hydrogens (tertiary/aromatic N) is 2. The highest BCUT2D eigenvalue weighted by Gasteiger charge is 2.18. The van der Waals surface area contributed by atoms with Gasteiger partial charge in [0.1, 0.15) is 16.5 Å². The molecule has 0 radical (unpaired) electrons. The van der Waals surface area contributed by atoms with Crippen molar-refractivity contribution in [1.82, 2.24) is 9.88 Å². The first-order valence-electron chi connectivity index (χ1n) is 8.80. The summed E-state index contributed by atoms with van der Waals surface area (Å²) in [7, 11) is 1.60. The van der Waals surface area contributed by atoms with Crippen LogP contribution in [0.4, 0.5) is 0 Å². The van der Waals surface area contributed by atoms with Gasteiger partial charge in [0.15, 0.2) is 11.5 Å². The van der Waals surface area contributed by atoms with Gasteiger partial charge < -0.3 is 19.5 Å². The van der Waals surface area contributed by atoms with E-state index in [1.165, 1.54) is 11.3 Å². The first-order chi connectivity index (χ1) is 12.5. The predicted molar refractivity (Wildman–Crippen MR) is 104 cm³/mol. The Morgan fingerprint density at radius 2 is 1.96 bits per heavy atom. The smallest absolute Gasteiger partial charge is 0.347 e. The summed E-state index contributed by atoms with van der Waals surface area (Å²) < 4.78 is 11.3. The van der Waals surface area contributed by atoms with Gasteiger partial charge in [-0.3, -0.25) is 0 Å². The highest BCUT2D eigenvalue weighted by molar-refractivity contribution is 7.17. The molecule has 7 heteroatoms. The zero-order chi connectivity index (χ0) is 19.1. The fourth-order valence-electron chi connectivity index (χ4n) is 2.63. The number of carboxylic acid groups (broad SMARTS) is 1. The van der Waals surface area contributed by atoms with Gasteiger partial charge in [0.05, 0.1) is 12.8 Å². The second-order valence-electron chi connectivity index (χ2n) is 5.69. The Hall–Kier alpha value is -2.12. The molecule has 0 spiro atoms. The summed E-state index contributed by atoms with van der Waals surface area (Å²) in [4.78, 5) is 18.4. The SMILES string of the molecule is CCc1nc(-c2ccc(OCCN(CC)CC)c(OC)c2)sc1C(=O)O. The zero-order valence-electron chi connectivity index (χ0n) is 15.7. The Balaban J connectivity index is 2.19. The van der Waals surface area contributed by atoms with Gasteiger partial charge in [-0.1, -0.05) is 20.8 Å². The van der Waals surface area contributed by atoms with Crippen LogP contribution < -0.4 is 9.47 Å².